The smallest absolute Gasteiger partial charge is 0.323 e. The molecule has 98 valence electrons. The molecule has 0 fully saturated rings. The summed E-state index contributed by atoms with van der Waals surface area (Å²) in [7, 11) is 0. The third-order valence-electron chi connectivity index (χ3n) is 2.43. The molecule has 2 rings (SSSR count). The maximum atomic E-state index is 11.3. The molecule has 8 heteroatoms. The van der Waals surface area contributed by atoms with Crippen molar-refractivity contribution in [3.05, 3.63) is 59.9 Å². The Morgan fingerprint density at radius 2 is 1.84 bits per heavy atom. The van der Waals surface area contributed by atoms with Gasteiger partial charge >= 0.3 is 11.2 Å². The minimum Gasteiger partial charge on any atom is -0.323 e. The molecule has 0 aliphatic carbocycles. The molecule has 1 heterocycles. The molecule has 0 saturated carbocycles. The van der Waals surface area contributed by atoms with Gasteiger partial charge in [-0.3, -0.25) is 14.9 Å². The van der Waals surface area contributed by atoms with Gasteiger partial charge in [-0.15, -0.1) is 0 Å². The second kappa shape index (κ2) is 5.21. The maximum Gasteiger partial charge on any atom is 0.334 e. The molecule has 2 aromatic rings. The van der Waals surface area contributed by atoms with Crippen molar-refractivity contribution < 1.29 is 4.92 Å². The Labute approximate surface area is 121 Å². The van der Waals surface area contributed by atoms with Gasteiger partial charge in [0.25, 0.3) is 0 Å². The Balaban J connectivity index is 2.67. The van der Waals surface area contributed by atoms with Gasteiger partial charge in [-0.2, -0.15) is 0 Å². The Morgan fingerprint density at radius 3 is 2.47 bits per heavy atom. The highest BCUT2D eigenvalue weighted by atomic mass is 35.5. The van der Waals surface area contributed by atoms with Gasteiger partial charge in [0.2, 0.25) is 0 Å². The van der Waals surface area contributed by atoms with E-state index in [1.54, 1.807) is 6.07 Å². The van der Waals surface area contributed by atoms with Crippen LogP contribution in [-0.4, -0.2) is 9.91 Å². The molecule has 0 spiro atoms. The molecule has 0 radical (unpaired) electrons. The van der Waals surface area contributed by atoms with E-state index in [0.717, 1.165) is 6.07 Å². The quantitative estimate of drug-likeness (QED) is 0.518. The van der Waals surface area contributed by atoms with E-state index in [-0.39, 0.29) is 15.1 Å². The van der Waals surface area contributed by atoms with Gasteiger partial charge in [-0.25, -0.2) is 0 Å². The molecular weight excluding hydrogens is 314 g/mol. The summed E-state index contributed by atoms with van der Waals surface area (Å²) in [6, 6.07) is 4.21. The van der Waals surface area contributed by atoms with Crippen LogP contribution in [0.15, 0.2) is 29.2 Å². The lowest BCUT2D eigenvalue weighted by molar-refractivity contribution is -0.386. The average molecular weight is 320 g/mol. The third-order valence-corrected chi connectivity index (χ3v) is 3.72. The molecular formula is C11H5Cl3N2O3. The van der Waals surface area contributed by atoms with E-state index in [0.29, 0.717) is 11.1 Å². The highest BCUT2D eigenvalue weighted by Gasteiger charge is 2.16. The van der Waals surface area contributed by atoms with Gasteiger partial charge in [0.05, 0.1) is 20.0 Å². The van der Waals surface area contributed by atoms with Crippen LogP contribution in [0, 0.1) is 10.1 Å². The number of nitrogens with one attached hydrogen (secondary N) is 1. The molecule has 5 nitrogen and oxygen atoms in total. The number of benzene rings is 1. The van der Waals surface area contributed by atoms with Gasteiger partial charge in [0.1, 0.15) is 0 Å². The second-order valence-electron chi connectivity index (χ2n) is 3.58. The number of nitro groups is 1. The molecule has 0 aliphatic heterocycles. The fourth-order valence-electron chi connectivity index (χ4n) is 1.51. The van der Waals surface area contributed by atoms with Crippen LogP contribution < -0.4 is 5.56 Å². The summed E-state index contributed by atoms with van der Waals surface area (Å²) in [4.78, 5) is 23.5. The Kier molecular flexibility index (Phi) is 3.80. The maximum absolute atomic E-state index is 11.3. The van der Waals surface area contributed by atoms with E-state index in [1.807, 2.05) is 0 Å². The fourth-order valence-corrected chi connectivity index (χ4v) is 2.16. The van der Waals surface area contributed by atoms with Crippen molar-refractivity contribution in [2.24, 2.45) is 0 Å². The van der Waals surface area contributed by atoms with Gasteiger partial charge in [0, 0.05) is 23.4 Å². The molecule has 0 amide bonds. The van der Waals surface area contributed by atoms with E-state index in [1.165, 1.54) is 12.3 Å². The van der Waals surface area contributed by atoms with Crippen LogP contribution in [0.3, 0.4) is 0 Å². The first-order chi connectivity index (χ1) is 8.91. The SMILES string of the molecule is O=c1[nH]cc(-c2ccc(Cl)c(Cl)c2Cl)cc1[N+](=O)[O-]. The minimum atomic E-state index is -0.787. The average Bonchev–Trinajstić information content (AvgIpc) is 2.37. The second-order valence-corrected chi connectivity index (χ2v) is 4.75. The van der Waals surface area contributed by atoms with E-state index in [9.17, 15) is 14.9 Å². The molecule has 0 aliphatic rings. The Hall–Kier alpha value is -1.56. The van der Waals surface area contributed by atoms with Crippen LogP contribution in [0.5, 0.6) is 0 Å². The number of hydrogen-bond acceptors (Lipinski definition) is 3. The zero-order valence-electron chi connectivity index (χ0n) is 9.12. The van der Waals surface area contributed by atoms with Crippen molar-refractivity contribution in [3.8, 4) is 11.1 Å². The first kappa shape index (κ1) is 13.9. The third kappa shape index (κ3) is 2.58. The monoisotopic (exact) mass is 318 g/mol. The number of aromatic nitrogens is 1. The summed E-state index contributed by atoms with van der Waals surface area (Å²) in [5.74, 6) is 0. The van der Waals surface area contributed by atoms with E-state index in [4.69, 9.17) is 34.8 Å². The largest absolute Gasteiger partial charge is 0.334 e. The molecule has 1 aromatic heterocycles. The molecule has 0 atom stereocenters. The first-order valence-electron chi connectivity index (χ1n) is 4.93. The summed E-state index contributed by atoms with van der Waals surface area (Å²) < 4.78 is 0. The van der Waals surface area contributed by atoms with Crippen molar-refractivity contribution in [1.82, 2.24) is 4.98 Å². The first-order valence-corrected chi connectivity index (χ1v) is 6.06. The zero-order chi connectivity index (χ0) is 14.2. The molecule has 19 heavy (non-hydrogen) atoms. The summed E-state index contributed by atoms with van der Waals surface area (Å²) in [6.45, 7) is 0. The number of H-pyrrole nitrogens is 1. The molecule has 1 aromatic carbocycles. The summed E-state index contributed by atoms with van der Waals surface area (Å²) in [6.07, 6.45) is 1.32. The van der Waals surface area contributed by atoms with Crippen LogP contribution >= 0.6 is 34.8 Å². The number of hydrogen-bond donors (Lipinski definition) is 1. The van der Waals surface area contributed by atoms with Gasteiger partial charge in [0.15, 0.2) is 0 Å². The van der Waals surface area contributed by atoms with Crippen LogP contribution in [0.25, 0.3) is 11.1 Å². The minimum absolute atomic E-state index is 0.148. The number of aromatic amines is 1. The fraction of sp³-hybridized carbons (Fsp3) is 0. The number of rotatable bonds is 2. The summed E-state index contributed by atoms with van der Waals surface area (Å²) in [5.41, 5.74) is -0.546. The van der Waals surface area contributed by atoms with Crippen molar-refractivity contribution in [3.63, 3.8) is 0 Å². The van der Waals surface area contributed by atoms with Crippen LogP contribution in [0.1, 0.15) is 0 Å². The van der Waals surface area contributed by atoms with Crippen molar-refractivity contribution in [2.45, 2.75) is 0 Å². The van der Waals surface area contributed by atoms with E-state index >= 15 is 0 Å². The van der Waals surface area contributed by atoms with Crippen molar-refractivity contribution >= 4 is 40.5 Å². The van der Waals surface area contributed by atoms with Crippen LogP contribution in [0.4, 0.5) is 5.69 Å². The molecule has 0 saturated heterocycles. The van der Waals surface area contributed by atoms with Crippen LogP contribution in [0.2, 0.25) is 15.1 Å². The van der Waals surface area contributed by atoms with Crippen LogP contribution in [-0.2, 0) is 0 Å². The molecule has 0 bridgehead atoms. The van der Waals surface area contributed by atoms with Gasteiger partial charge in [-0.1, -0.05) is 40.9 Å². The zero-order valence-corrected chi connectivity index (χ0v) is 11.4. The normalized spacial score (nSPS) is 10.5. The number of halogens is 3. The lowest BCUT2D eigenvalue weighted by Gasteiger charge is -2.07. The van der Waals surface area contributed by atoms with Gasteiger partial charge in [-0.05, 0) is 6.07 Å². The molecule has 1 N–H and O–H groups in total. The molecule has 0 unspecified atom stereocenters. The lowest BCUT2D eigenvalue weighted by Crippen LogP contribution is -2.10. The van der Waals surface area contributed by atoms with E-state index in [2.05, 4.69) is 4.98 Å². The summed E-state index contributed by atoms with van der Waals surface area (Å²) >= 11 is 17.7. The summed E-state index contributed by atoms with van der Waals surface area (Å²) in [5, 5.41) is 11.3. The highest BCUT2D eigenvalue weighted by molar-refractivity contribution is 6.49. The van der Waals surface area contributed by atoms with E-state index < -0.39 is 16.2 Å². The predicted molar refractivity (Wildman–Crippen MR) is 74.2 cm³/mol. The Bertz CT molecular complexity index is 728. The lowest BCUT2D eigenvalue weighted by atomic mass is 10.1. The predicted octanol–water partition coefficient (Wildman–Crippen LogP) is 3.91. The highest BCUT2D eigenvalue weighted by Crippen LogP contribution is 2.38. The number of nitrogens with zero attached hydrogens (tertiary/aromatic N) is 1. The Morgan fingerprint density at radius 1 is 1.16 bits per heavy atom. The standard InChI is InChI=1S/C11H5Cl3N2O3/c12-7-2-1-6(9(13)10(7)14)5-3-8(16(18)19)11(17)15-4-5/h1-4H,(H,15,17). The van der Waals surface area contributed by atoms with Gasteiger partial charge < -0.3 is 4.98 Å². The van der Waals surface area contributed by atoms with Crippen molar-refractivity contribution in [1.29, 1.82) is 0 Å². The number of pyridine rings is 1. The van der Waals surface area contributed by atoms with Crippen molar-refractivity contribution in [2.75, 3.05) is 0 Å². The topological polar surface area (TPSA) is 76.0 Å².